The number of hydrogen-bond acceptors (Lipinski definition) is 1. The molecule has 0 radical (unpaired) electrons. The van der Waals surface area contributed by atoms with Crippen molar-refractivity contribution in [3.05, 3.63) is 68.6 Å². The fraction of sp³-hybridized carbons (Fsp3) is 0.294. The number of hydrogen-bond donors (Lipinski definition) is 1. The van der Waals surface area contributed by atoms with Crippen molar-refractivity contribution in [3.63, 3.8) is 0 Å². The SMILES string of the molecule is CNC(CCCc1ccccc1)c1ccc(Br)cc1Br. The molecule has 0 heterocycles. The molecule has 1 N–H and O–H groups in total. The van der Waals surface area contributed by atoms with Crippen LogP contribution in [0, 0.1) is 0 Å². The van der Waals surface area contributed by atoms with Crippen LogP contribution < -0.4 is 5.32 Å². The summed E-state index contributed by atoms with van der Waals surface area (Å²) in [4.78, 5) is 0. The first-order valence-electron chi connectivity index (χ1n) is 6.87. The van der Waals surface area contributed by atoms with Gasteiger partial charge in [-0.15, -0.1) is 0 Å². The van der Waals surface area contributed by atoms with E-state index in [9.17, 15) is 0 Å². The Kier molecular flexibility index (Phi) is 6.27. The van der Waals surface area contributed by atoms with Gasteiger partial charge in [-0.3, -0.25) is 0 Å². The number of aryl methyl sites for hydroxylation is 1. The van der Waals surface area contributed by atoms with Gasteiger partial charge < -0.3 is 5.32 Å². The molecule has 0 bridgehead atoms. The van der Waals surface area contributed by atoms with E-state index in [2.05, 4.69) is 85.7 Å². The molecule has 0 aliphatic rings. The van der Waals surface area contributed by atoms with Crippen molar-refractivity contribution >= 4 is 31.9 Å². The van der Waals surface area contributed by atoms with Crippen LogP contribution in [0.3, 0.4) is 0 Å². The Bertz CT molecular complexity index is 540. The highest BCUT2D eigenvalue weighted by molar-refractivity contribution is 9.11. The second-order valence-corrected chi connectivity index (χ2v) is 6.65. The summed E-state index contributed by atoms with van der Waals surface area (Å²) in [6.45, 7) is 0. The van der Waals surface area contributed by atoms with Crippen molar-refractivity contribution < 1.29 is 0 Å². The zero-order chi connectivity index (χ0) is 14.4. The monoisotopic (exact) mass is 395 g/mol. The molecule has 2 aromatic carbocycles. The van der Waals surface area contributed by atoms with Crippen molar-refractivity contribution in [3.8, 4) is 0 Å². The zero-order valence-electron chi connectivity index (χ0n) is 11.6. The second-order valence-electron chi connectivity index (χ2n) is 4.88. The predicted molar refractivity (Wildman–Crippen MR) is 93.0 cm³/mol. The molecule has 0 saturated carbocycles. The van der Waals surface area contributed by atoms with Crippen molar-refractivity contribution in [2.75, 3.05) is 7.05 Å². The summed E-state index contributed by atoms with van der Waals surface area (Å²) in [6.07, 6.45) is 3.44. The summed E-state index contributed by atoms with van der Waals surface area (Å²) in [7, 11) is 2.03. The first kappa shape index (κ1) is 15.7. The third kappa shape index (κ3) is 4.44. The number of rotatable bonds is 6. The maximum Gasteiger partial charge on any atom is 0.0328 e. The Balaban J connectivity index is 1.95. The van der Waals surface area contributed by atoms with E-state index in [-0.39, 0.29) is 0 Å². The van der Waals surface area contributed by atoms with Gasteiger partial charge in [-0.25, -0.2) is 0 Å². The first-order chi connectivity index (χ1) is 9.70. The lowest BCUT2D eigenvalue weighted by molar-refractivity contribution is 0.525. The lowest BCUT2D eigenvalue weighted by atomic mass is 9.99. The van der Waals surface area contributed by atoms with Gasteiger partial charge in [0.15, 0.2) is 0 Å². The Hall–Kier alpha value is -0.640. The molecule has 0 aromatic heterocycles. The third-order valence-corrected chi connectivity index (χ3v) is 4.67. The standard InChI is InChI=1S/C17H19Br2N/c1-20-17(15-11-10-14(18)12-16(15)19)9-5-8-13-6-3-2-4-7-13/h2-4,6-7,10-12,17,20H,5,8-9H2,1H3. The van der Waals surface area contributed by atoms with E-state index in [0.29, 0.717) is 6.04 Å². The summed E-state index contributed by atoms with van der Waals surface area (Å²) >= 11 is 7.16. The second kappa shape index (κ2) is 7.96. The van der Waals surface area contributed by atoms with Crippen molar-refractivity contribution in [1.29, 1.82) is 0 Å². The van der Waals surface area contributed by atoms with E-state index >= 15 is 0 Å². The Labute approximate surface area is 138 Å². The summed E-state index contributed by atoms with van der Waals surface area (Å²) in [5, 5.41) is 3.42. The van der Waals surface area contributed by atoms with Crippen LogP contribution in [0.2, 0.25) is 0 Å². The maximum atomic E-state index is 3.66. The highest BCUT2D eigenvalue weighted by atomic mass is 79.9. The summed E-state index contributed by atoms with van der Waals surface area (Å²) in [6, 6.07) is 17.5. The number of benzene rings is 2. The van der Waals surface area contributed by atoms with E-state index in [0.717, 1.165) is 21.8 Å². The third-order valence-electron chi connectivity index (χ3n) is 3.49. The van der Waals surface area contributed by atoms with Crippen molar-refractivity contribution in [1.82, 2.24) is 5.32 Å². The van der Waals surface area contributed by atoms with Gasteiger partial charge in [-0.05, 0) is 49.6 Å². The largest absolute Gasteiger partial charge is 0.313 e. The topological polar surface area (TPSA) is 12.0 Å². The molecule has 0 amide bonds. The molecule has 0 fully saturated rings. The van der Waals surface area contributed by atoms with Gasteiger partial charge in [-0.1, -0.05) is 68.3 Å². The normalized spacial score (nSPS) is 12.3. The Morgan fingerprint density at radius 3 is 2.45 bits per heavy atom. The average Bonchev–Trinajstić information content (AvgIpc) is 2.46. The molecule has 20 heavy (non-hydrogen) atoms. The van der Waals surface area contributed by atoms with Crippen LogP contribution in [-0.4, -0.2) is 7.05 Å². The molecule has 2 rings (SSSR count). The highest BCUT2D eigenvalue weighted by Gasteiger charge is 2.12. The number of nitrogens with one attached hydrogen (secondary N) is 1. The molecule has 2 aromatic rings. The minimum absolute atomic E-state index is 0.390. The van der Waals surface area contributed by atoms with E-state index in [4.69, 9.17) is 0 Å². The fourth-order valence-corrected chi connectivity index (χ4v) is 3.72. The zero-order valence-corrected chi connectivity index (χ0v) is 14.7. The molecule has 0 aliphatic heterocycles. The molecule has 0 saturated heterocycles. The molecule has 0 aliphatic carbocycles. The quantitative estimate of drug-likeness (QED) is 0.680. The van der Waals surface area contributed by atoms with Gasteiger partial charge in [0.1, 0.15) is 0 Å². The fourth-order valence-electron chi connectivity index (χ4n) is 2.39. The summed E-state index contributed by atoms with van der Waals surface area (Å²) in [5.41, 5.74) is 2.74. The van der Waals surface area contributed by atoms with Crippen LogP contribution in [-0.2, 0) is 6.42 Å². The van der Waals surface area contributed by atoms with Gasteiger partial charge in [0.2, 0.25) is 0 Å². The minimum atomic E-state index is 0.390. The lowest BCUT2D eigenvalue weighted by Gasteiger charge is -2.18. The van der Waals surface area contributed by atoms with Crippen LogP contribution in [0.1, 0.15) is 30.0 Å². The van der Waals surface area contributed by atoms with E-state index in [1.165, 1.54) is 17.5 Å². The minimum Gasteiger partial charge on any atom is -0.313 e. The summed E-state index contributed by atoms with van der Waals surface area (Å²) < 4.78 is 2.26. The van der Waals surface area contributed by atoms with E-state index in [1.807, 2.05) is 7.05 Å². The van der Waals surface area contributed by atoms with Crippen molar-refractivity contribution in [2.24, 2.45) is 0 Å². The predicted octanol–water partition coefficient (Wildman–Crippen LogP) is 5.50. The van der Waals surface area contributed by atoms with E-state index in [1.54, 1.807) is 0 Å². The lowest BCUT2D eigenvalue weighted by Crippen LogP contribution is -2.17. The van der Waals surface area contributed by atoms with E-state index < -0.39 is 0 Å². The average molecular weight is 397 g/mol. The van der Waals surface area contributed by atoms with Gasteiger partial charge >= 0.3 is 0 Å². The Morgan fingerprint density at radius 2 is 1.80 bits per heavy atom. The van der Waals surface area contributed by atoms with Gasteiger partial charge in [0.25, 0.3) is 0 Å². The molecule has 0 spiro atoms. The molecule has 3 heteroatoms. The van der Waals surface area contributed by atoms with Crippen LogP contribution in [0.15, 0.2) is 57.5 Å². The van der Waals surface area contributed by atoms with Gasteiger partial charge in [0.05, 0.1) is 0 Å². The van der Waals surface area contributed by atoms with Gasteiger partial charge in [0, 0.05) is 15.0 Å². The van der Waals surface area contributed by atoms with Crippen LogP contribution >= 0.6 is 31.9 Å². The molecular formula is C17H19Br2N. The van der Waals surface area contributed by atoms with Crippen LogP contribution in [0.25, 0.3) is 0 Å². The van der Waals surface area contributed by atoms with Gasteiger partial charge in [-0.2, -0.15) is 0 Å². The molecule has 1 unspecified atom stereocenters. The number of halogens is 2. The smallest absolute Gasteiger partial charge is 0.0328 e. The Morgan fingerprint density at radius 1 is 1.05 bits per heavy atom. The highest BCUT2D eigenvalue weighted by Crippen LogP contribution is 2.29. The maximum absolute atomic E-state index is 3.66. The van der Waals surface area contributed by atoms with Crippen LogP contribution in [0.5, 0.6) is 0 Å². The molecule has 1 nitrogen and oxygen atoms in total. The molecule has 106 valence electrons. The summed E-state index contributed by atoms with van der Waals surface area (Å²) in [5.74, 6) is 0. The molecule has 1 atom stereocenters. The van der Waals surface area contributed by atoms with Crippen molar-refractivity contribution in [2.45, 2.75) is 25.3 Å². The first-order valence-corrected chi connectivity index (χ1v) is 8.45. The van der Waals surface area contributed by atoms with Crippen LogP contribution in [0.4, 0.5) is 0 Å². The molecular weight excluding hydrogens is 378 g/mol.